The maximum atomic E-state index is 13.2. The van der Waals surface area contributed by atoms with Gasteiger partial charge in [-0.25, -0.2) is 9.18 Å². The van der Waals surface area contributed by atoms with Crippen LogP contribution in [0, 0.1) is 5.82 Å². The number of rotatable bonds is 2. The minimum absolute atomic E-state index is 0.0753. The summed E-state index contributed by atoms with van der Waals surface area (Å²) in [6, 6.07) is 4.13. The molecule has 0 saturated heterocycles. The van der Waals surface area contributed by atoms with Gasteiger partial charge in [0.2, 0.25) is 0 Å². The minimum Gasteiger partial charge on any atom is -0.490 e. The first-order valence-electron chi connectivity index (χ1n) is 5.44. The lowest BCUT2D eigenvalue weighted by molar-refractivity contribution is -0.136. The van der Waals surface area contributed by atoms with Crippen LogP contribution in [0.4, 0.5) is 4.39 Å². The molecule has 1 heterocycles. The lowest BCUT2D eigenvalue weighted by atomic mass is 9.89. The third kappa shape index (κ3) is 2.36. The van der Waals surface area contributed by atoms with Crippen molar-refractivity contribution in [3.63, 3.8) is 0 Å². The Hall–Kier alpha value is -1.29. The summed E-state index contributed by atoms with van der Waals surface area (Å²) in [6.07, 6.45) is 1.15. The molecule has 0 radical (unpaired) electrons. The summed E-state index contributed by atoms with van der Waals surface area (Å²) in [7, 11) is 0. The van der Waals surface area contributed by atoms with Gasteiger partial charge in [0.25, 0.3) is 0 Å². The topological polar surface area (TPSA) is 35.5 Å². The van der Waals surface area contributed by atoms with Crippen molar-refractivity contribution in [1.82, 2.24) is 0 Å². The second-order valence-corrected chi connectivity index (χ2v) is 4.17. The molecule has 2 rings (SSSR count). The summed E-state index contributed by atoms with van der Waals surface area (Å²) in [4.78, 5) is 11.6. The fourth-order valence-corrected chi connectivity index (χ4v) is 2.15. The minimum atomic E-state index is -0.569. The third-order valence-corrected chi connectivity index (χ3v) is 3.11. The molecule has 0 aliphatic carbocycles. The van der Waals surface area contributed by atoms with Crippen molar-refractivity contribution >= 4 is 17.8 Å². The van der Waals surface area contributed by atoms with E-state index in [4.69, 9.17) is 16.6 Å². The van der Waals surface area contributed by atoms with Crippen molar-refractivity contribution in [2.45, 2.75) is 31.8 Å². The Morgan fingerprint density at radius 1 is 1.65 bits per heavy atom. The standard InChI is InChI=1S/C12H12ClFO3/c1-2-8-6-10(12(15)17-13)9-5-7(14)3-4-11(9)16-8/h3-5,8,10H,2,6H2,1H3. The molecule has 0 aromatic heterocycles. The molecule has 1 aromatic carbocycles. The maximum absolute atomic E-state index is 13.2. The van der Waals surface area contributed by atoms with E-state index in [-0.39, 0.29) is 6.10 Å². The monoisotopic (exact) mass is 258 g/mol. The molecule has 17 heavy (non-hydrogen) atoms. The number of hydrogen-bond donors (Lipinski definition) is 0. The van der Waals surface area contributed by atoms with E-state index < -0.39 is 17.7 Å². The fourth-order valence-electron chi connectivity index (χ4n) is 2.04. The first-order valence-corrected chi connectivity index (χ1v) is 5.75. The largest absolute Gasteiger partial charge is 0.490 e. The average Bonchev–Trinajstić information content (AvgIpc) is 2.36. The van der Waals surface area contributed by atoms with Gasteiger partial charge in [0.15, 0.2) is 0 Å². The molecule has 1 aromatic rings. The summed E-state index contributed by atoms with van der Waals surface area (Å²) in [5.74, 6) is -1.01. The van der Waals surface area contributed by atoms with Gasteiger partial charge >= 0.3 is 5.97 Å². The van der Waals surface area contributed by atoms with E-state index in [9.17, 15) is 9.18 Å². The molecule has 3 nitrogen and oxygen atoms in total. The molecule has 92 valence electrons. The van der Waals surface area contributed by atoms with Crippen LogP contribution in [0.2, 0.25) is 0 Å². The van der Waals surface area contributed by atoms with E-state index in [0.29, 0.717) is 17.7 Å². The Morgan fingerprint density at radius 2 is 2.41 bits per heavy atom. The molecule has 0 saturated carbocycles. The third-order valence-electron chi connectivity index (χ3n) is 2.96. The van der Waals surface area contributed by atoms with E-state index in [1.807, 2.05) is 6.92 Å². The van der Waals surface area contributed by atoms with Crippen LogP contribution in [0.1, 0.15) is 31.2 Å². The molecule has 5 heteroatoms. The van der Waals surface area contributed by atoms with E-state index >= 15 is 0 Å². The van der Waals surface area contributed by atoms with Gasteiger partial charge in [-0.15, -0.1) is 0 Å². The Labute approximate surface area is 104 Å². The average molecular weight is 259 g/mol. The SMILES string of the molecule is CCC1CC(C(=O)OCl)c2cc(F)ccc2O1. The molecule has 2 unspecified atom stereocenters. The first-order chi connectivity index (χ1) is 8.15. The van der Waals surface area contributed by atoms with Gasteiger partial charge in [-0.05, 0) is 24.6 Å². The van der Waals surface area contributed by atoms with Gasteiger partial charge in [-0.1, -0.05) is 6.92 Å². The molecule has 2 atom stereocenters. The van der Waals surface area contributed by atoms with E-state index in [0.717, 1.165) is 6.42 Å². The van der Waals surface area contributed by atoms with Crippen LogP contribution in [0.3, 0.4) is 0 Å². The highest BCUT2D eigenvalue weighted by Crippen LogP contribution is 2.38. The van der Waals surface area contributed by atoms with Crippen LogP contribution < -0.4 is 4.74 Å². The van der Waals surface area contributed by atoms with Crippen molar-refractivity contribution in [1.29, 1.82) is 0 Å². The van der Waals surface area contributed by atoms with Gasteiger partial charge in [-0.2, -0.15) is 0 Å². The smallest absolute Gasteiger partial charge is 0.332 e. The van der Waals surface area contributed by atoms with Crippen LogP contribution in [-0.4, -0.2) is 12.1 Å². The molecule has 0 N–H and O–H groups in total. The Kier molecular flexibility index (Phi) is 3.52. The lowest BCUT2D eigenvalue weighted by Crippen LogP contribution is -2.29. The predicted octanol–water partition coefficient (Wildman–Crippen LogP) is 3.17. The number of fused-ring (bicyclic) bond motifs is 1. The molecule has 0 amide bonds. The van der Waals surface area contributed by atoms with Crippen molar-refractivity contribution in [3.05, 3.63) is 29.6 Å². The van der Waals surface area contributed by atoms with Gasteiger partial charge in [-0.3, -0.25) is 0 Å². The van der Waals surface area contributed by atoms with E-state index in [1.54, 1.807) is 0 Å². The Bertz CT molecular complexity index is 436. The number of hydrogen-bond acceptors (Lipinski definition) is 3. The number of carbonyl (C=O) groups excluding carboxylic acids is 1. The lowest BCUT2D eigenvalue weighted by Gasteiger charge is -2.29. The van der Waals surface area contributed by atoms with Crippen molar-refractivity contribution in [2.24, 2.45) is 0 Å². The quantitative estimate of drug-likeness (QED) is 0.817. The number of carbonyl (C=O) groups is 1. The van der Waals surface area contributed by atoms with Gasteiger partial charge < -0.3 is 9.03 Å². The number of ether oxygens (including phenoxy) is 1. The zero-order chi connectivity index (χ0) is 12.4. The van der Waals surface area contributed by atoms with Gasteiger partial charge in [0.1, 0.15) is 23.4 Å². The van der Waals surface area contributed by atoms with Crippen LogP contribution in [-0.2, 0) is 9.08 Å². The van der Waals surface area contributed by atoms with E-state index in [1.165, 1.54) is 18.2 Å². The molecule has 0 spiro atoms. The summed E-state index contributed by atoms with van der Waals surface area (Å²) in [6.45, 7) is 1.96. The van der Waals surface area contributed by atoms with Crippen molar-refractivity contribution in [3.8, 4) is 5.75 Å². The van der Waals surface area contributed by atoms with Gasteiger partial charge in [0.05, 0.1) is 12.0 Å². The van der Waals surface area contributed by atoms with Crippen LogP contribution in [0.15, 0.2) is 18.2 Å². The van der Waals surface area contributed by atoms with Crippen LogP contribution in [0.25, 0.3) is 0 Å². The van der Waals surface area contributed by atoms with Crippen molar-refractivity contribution < 1.29 is 18.2 Å². The fraction of sp³-hybridized carbons (Fsp3) is 0.417. The first kappa shape index (κ1) is 12.2. The molecule has 0 bridgehead atoms. The summed E-state index contributed by atoms with van der Waals surface area (Å²) < 4.78 is 23.1. The van der Waals surface area contributed by atoms with E-state index in [2.05, 4.69) is 4.29 Å². The normalized spacial score (nSPS) is 22.5. The zero-order valence-electron chi connectivity index (χ0n) is 9.28. The summed E-state index contributed by atoms with van der Waals surface area (Å²) >= 11 is 5.10. The molecular weight excluding hydrogens is 247 g/mol. The summed E-state index contributed by atoms with van der Waals surface area (Å²) in [5, 5.41) is 0. The number of benzene rings is 1. The highest BCUT2D eigenvalue weighted by atomic mass is 35.5. The Balaban J connectivity index is 2.40. The second-order valence-electron chi connectivity index (χ2n) is 4.01. The molecule has 1 aliphatic rings. The molecule has 1 aliphatic heterocycles. The van der Waals surface area contributed by atoms with Crippen molar-refractivity contribution in [2.75, 3.05) is 0 Å². The van der Waals surface area contributed by atoms with Crippen LogP contribution >= 0.6 is 11.9 Å². The maximum Gasteiger partial charge on any atom is 0.332 e. The van der Waals surface area contributed by atoms with Gasteiger partial charge in [0, 0.05) is 12.0 Å². The summed E-state index contributed by atoms with van der Waals surface area (Å²) in [5.41, 5.74) is 0.500. The zero-order valence-corrected chi connectivity index (χ0v) is 10.0. The highest BCUT2D eigenvalue weighted by molar-refractivity contribution is 6.13. The predicted molar refractivity (Wildman–Crippen MR) is 60.4 cm³/mol. The molecule has 0 fully saturated rings. The second kappa shape index (κ2) is 4.92. The van der Waals surface area contributed by atoms with Crippen LogP contribution in [0.5, 0.6) is 5.75 Å². The number of halogens is 2. The molecular formula is C12H12ClFO3. The Morgan fingerprint density at radius 3 is 3.06 bits per heavy atom. The highest BCUT2D eigenvalue weighted by Gasteiger charge is 2.33.